The molecule has 2 rings (SSSR count). The van der Waals surface area contributed by atoms with E-state index in [1.807, 2.05) is 30.3 Å². The number of rotatable bonds is 2. The van der Waals surface area contributed by atoms with Crippen molar-refractivity contribution >= 4 is 21.9 Å². The molecule has 68 valence electrons. The van der Waals surface area contributed by atoms with E-state index >= 15 is 0 Å². The molecule has 0 saturated carbocycles. The first kappa shape index (κ1) is 8.75. The molecule has 0 spiro atoms. The highest BCUT2D eigenvalue weighted by Crippen LogP contribution is 2.25. The maximum absolute atomic E-state index is 10.8. The summed E-state index contributed by atoms with van der Waals surface area (Å²) in [5, 5.41) is 0. The molecule has 1 aliphatic heterocycles. The summed E-state index contributed by atoms with van der Waals surface area (Å²) in [5.41, 5.74) is 1.20. The van der Waals surface area contributed by atoms with Gasteiger partial charge in [-0.2, -0.15) is 0 Å². The van der Waals surface area contributed by atoms with Gasteiger partial charge in [-0.15, -0.1) is 0 Å². The third-order valence-electron chi connectivity index (χ3n) is 2.10. The number of benzene rings is 1. The average Bonchev–Trinajstić information content (AvgIpc) is 2.19. The Morgan fingerprint density at radius 1 is 1.31 bits per heavy atom. The van der Waals surface area contributed by atoms with Crippen molar-refractivity contribution in [1.29, 1.82) is 0 Å². The number of carbonyl (C=O) groups excluding carboxylic acids is 1. The average molecular weight is 241 g/mol. The number of hydrogen-bond donors (Lipinski definition) is 0. The lowest BCUT2D eigenvalue weighted by molar-refractivity contribution is -0.166. The fourth-order valence-electron chi connectivity index (χ4n) is 1.34. The van der Waals surface area contributed by atoms with Crippen molar-refractivity contribution in [3.8, 4) is 0 Å². The Morgan fingerprint density at radius 3 is 2.54 bits per heavy atom. The van der Waals surface area contributed by atoms with Crippen LogP contribution in [0.5, 0.6) is 0 Å². The number of ether oxygens (including phenoxy) is 1. The standard InChI is InChI=1S/C10H9BrO2/c11-9-8(13-10(9)12)6-7-4-2-1-3-5-7/h1-5,8-9H,6H2. The molecular formula is C10H9BrO2. The van der Waals surface area contributed by atoms with Crippen molar-refractivity contribution in [2.75, 3.05) is 0 Å². The van der Waals surface area contributed by atoms with Crippen molar-refractivity contribution in [3.05, 3.63) is 35.9 Å². The maximum Gasteiger partial charge on any atom is 0.323 e. The lowest BCUT2D eigenvalue weighted by atomic mass is 10.0. The largest absolute Gasteiger partial charge is 0.459 e. The predicted molar refractivity (Wildman–Crippen MR) is 52.7 cm³/mol. The van der Waals surface area contributed by atoms with Crippen LogP contribution in [0.4, 0.5) is 0 Å². The van der Waals surface area contributed by atoms with Gasteiger partial charge in [0.15, 0.2) is 0 Å². The minimum atomic E-state index is -0.152. The highest BCUT2D eigenvalue weighted by Gasteiger charge is 2.39. The number of esters is 1. The first-order valence-corrected chi connectivity index (χ1v) is 5.07. The van der Waals surface area contributed by atoms with Gasteiger partial charge in [0.05, 0.1) is 0 Å². The van der Waals surface area contributed by atoms with Gasteiger partial charge < -0.3 is 4.74 Å². The molecule has 3 heteroatoms. The summed E-state index contributed by atoms with van der Waals surface area (Å²) in [6.07, 6.45) is 0.803. The van der Waals surface area contributed by atoms with E-state index in [4.69, 9.17) is 4.74 Å². The third-order valence-corrected chi connectivity index (χ3v) is 3.06. The van der Waals surface area contributed by atoms with Crippen molar-refractivity contribution in [2.24, 2.45) is 0 Å². The molecule has 0 amide bonds. The summed E-state index contributed by atoms with van der Waals surface area (Å²) in [4.78, 5) is 10.6. The van der Waals surface area contributed by atoms with E-state index in [0.29, 0.717) is 0 Å². The summed E-state index contributed by atoms with van der Waals surface area (Å²) >= 11 is 3.27. The molecule has 1 heterocycles. The molecule has 1 saturated heterocycles. The van der Waals surface area contributed by atoms with Gasteiger partial charge in [0.25, 0.3) is 0 Å². The van der Waals surface area contributed by atoms with Crippen molar-refractivity contribution in [3.63, 3.8) is 0 Å². The van der Waals surface area contributed by atoms with Crippen LogP contribution in [0.15, 0.2) is 30.3 Å². The van der Waals surface area contributed by atoms with E-state index in [1.54, 1.807) is 0 Å². The Labute approximate surface area is 85.0 Å². The van der Waals surface area contributed by atoms with Crippen LogP contribution in [0, 0.1) is 0 Å². The summed E-state index contributed by atoms with van der Waals surface area (Å²) in [6, 6.07) is 10.0. The van der Waals surface area contributed by atoms with E-state index in [-0.39, 0.29) is 16.9 Å². The van der Waals surface area contributed by atoms with Crippen molar-refractivity contribution in [1.82, 2.24) is 0 Å². The molecule has 2 atom stereocenters. The van der Waals surface area contributed by atoms with Crippen LogP contribution < -0.4 is 0 Å². The smallest absolute Gasteiger partial charge is 0.323 e. The summed E-state index contributed by atoms with van der Waals surface area (Å²) in [5.74, 6) is -0.152. The highest BCUT2D eigenvalue weighted by molar-refractivity contribution is 9.10. The highest BCUT2D eigenvalue weighted by atomic mass is 79.9. The van der Waals surface area contributed by atoms with Gasteiger partial charge in [-0.3, -0.25) is 4.79 Å². The fraction of sp³-hybridized carbons (Fsp3) is 0.300. The topological polar surface area (TPSA) is 26.3 Å². The van der Waals surface area contributed by atoms with Gasteiger partial charge in [0.1, 0.15) is 10.9 Å². The summed E-state index contributed by atoms with van der Waals surface area (Å²) in [7, 11) is 0. The van der Waals surface area contributed by atoms with Gasteiger partial charge in [0, 0.05) is 6.42 Å². The van der Waals surface area contributed by atoms with Crippen LogP contribution in [0.3, 0.4) is 0 Å². The van der Waals surface area contributed by atoms with Gasteiger partial charge >= 0.3 is 5.97 Å². The Balaban J connectivity index is 1.97. The van der Waals surface area contributed by atoms with Crippen LogP contribution in [-0.2, 0) is 16.0 Å². The lowest BCUT2D eigenvalue weighted by Crippen LogP contribution is -2.47. The molecule has 0 bridgehead atoms. The summed E-state index contributed by atoms with van der Waals surface area (Å²) < 4.78 is 4.97. The predicted octanol–water partition coefficient (Wildman–Crippen LogP) is 1.92. The number of cyclic esters (lactones) is 1. The first-order valence-electron chi connectivity index (χ1n) is 4.16. The second-order valence-electron chi connectivity index (χ2n) is 3.07. The molecule has 0 radical (unpaired) electrons. The molecule has 2 nitrogen and oxygen atoms in total. The van der Waals surface area contributed by atoms with Crippen LogP contribution >= 0.6 is 15.9 Å². The molecule has 13 heavy (non-hydrogen) atoms. The van der Waals surface area contributed by atoms with Gasteiger partial charge in [-0.1, -0.05) is 46.3 Å². The van der Waals surface area contributed by atoms with Gasteiger partial charge in [0.2, 0.25) is 0 Å². The molecule has 1 aliphatic rings. The van der Waals surface area contributed by atoms with E-state index < -0.39 is 0 Å². The lowest BCUT2D eigenvalue weighted by Gasteiger charge is -2.31. The molecule has 0 aromatic heterocycles. The van der Waals surface area contributed by atoms with E-state index in [9.17, 15) is 4.79 Å². The zero-order valence-electron chi connectivity index (χ0n) is 6.94. The van der Waals surface area contributed by atoms with Crippen LogP contribution in [0.25, 0.3) is 0 Å². The molecule has 1 aromatic carbocycles. The second kappa shape index (κ2) is 3.50. The number of hydrogen-bond acceptors (Lipinski definition) is 2. The minimum absolute atomic E-state index is 0.00917. The molecule has 0 N–H and O–H groups in total. The second-order valence-corrected chi connectivity index (χ2v) is 4.05. The molecule has 1 aromatic rings. The van der Waals surface area contributed by atoms with E-state index in [2.05, 4.69) is 15.9 Å². The number of alkyl halides is 1. The third kappa shape index (κ3) is 1.75. The maximum atomic E-state index is 10.8. The Bertz CT molecular complexity index is 310. The zero-order chi connectivity index (χ0) is 9.26. The number of halogens is 1. The quantitative estimate of drug-likeness (QED) is 0.584. The SMILES string of the molecule is O=C1OC(Cc2ccccc2)C1Br. The minimum Gasteiger partial charge on any atom is -0.459 e. The molecule has 0 aliphatic carbocycles. The van der Waals surface area contributed by atoms with Crippen LogP contribution in [0.2, 0.25) is 0 Å². The molecule has 2 unspecified atom stereocenters. The van der Waals surface area contributed by atoms with Crippen LogP contribution in [-0.4, -0.2) is 16.9 Å². The molecular weight excluding hydrogens is 232 g/mol. The van der Waals surface area contributed by atoms with E-state index in [0.717, 1.165) is 6.42 Å². The fourth-order valence-corrected chi connectivity index (χ4v) is 1.75. The zero-order valence-corrected chi connectivity index (χ0v) is 8.53. The Kier molecular flexibility index (Phi) is 2.36. The molecule has 1 fully saturated rings. The van der Waals surface area contributed by atoms with Gasteiger partial charge in [-0.25, -0.2) is 0 Å². The monoisotopic (exact) mass is 240 g/mol. The number of carbonyl (C=O) groups is 1. The normalized spacial score (nSPS) is 26.4. The van der Waals surface area contributed by atoms with E-state index in [1.165, 1.54) is 5.56 Å². The van der Waals surface area contributed by atoms with Crippen LogP contribution in [0.1, 0.15) is 5.56 Å². The first-order chi connectivity index (χ1) is 6.27. The summed E-state index contributed by atoms with van der Waals surface area (Å²) in [6.45, 7) is 0. The van der Waals surface area contributed by atoms with Gasteiger partial charge in [-0.05, 0) is 5.56 Å². The van der Waals surface area contributed by atoms with Crippen molar-refractivity contribution < 1.29 is 9.53 Å². The van der Waals surface area contributed by atoms with Crippen molar-refractivity contribution in [2.45, 2.75) is 17.4 Å². The Morgan fingerprint density at radius 2 is 2.00 bits per heavy atom. The Hall–Kier alpha value is -0.830.